The number of ether oxygens (including phenoxy) is 2. The molecule has 0 bridgehead atoms. The molecule has 0 unspecified atom stereocenters. The van der Waals surface area contributed by atoms with Crippen molar-refractivity contribution in [3.63, 3.8) is 0 Å². The number of thioether (sulfide) groups is 1. The number of H-pyrrole nitrogens is 1. The maximum Gasteiger partial charge on any atom is 0.234 e. The third-order valence-electron chi connectivity index (χ3n) is 4.33. The van der Waals surface area contributed by atoms with Gasteiger partial charge in [-0.3, -0.25) is 4.79 Å². The molecule has 10 heteroatoms. The van der Waals surface area contributed by atoms with E-state index in [9.17, 15) is 9.18 Å². The molecular weight excluding hydrogens is 421 g/mol. The van der Waals surface area contributed by atoms with Crippen molar-refractivity contribution < 1.29 is 18.7 Å². The molecule has 0 saturated carbocycles. The van der Waals surface area contributed by atoms with E-state index in [1.807, 2.05) is 13.8 Å². The van der Waals surface area contributed by atoms with Crippen LogP contribution < -0.4 is 14.8 Å². The van der Waals surface area contributed by atoms with E-state index in [4.69, 9.17) is 9.47 Å². The minimum atomic E-state index is -0.356. The molecule has 2 heterocycles. The van der Waals surface area contributed by atoms with Crippen LogP contribution in [-0.2, 0) is 4.79 Å². The summed E-state index contributed by atoms with van der Waals surface area (Å²) in [4.78, 5) is 20.0. The summed E-state index contributed by atoms with van der Waals surface area (Å²) in [6.45, 7) is 4.75. The molecule has 2 aromatic carbocycles. The lowest BCUT2D eigenvalue weighted by Gasteiger charge is -2.13. The van der Waals surface area contributed by atoms with E-state index in [-0.39, 0.29) is 17.5 Å². The number of fused-ring (bicyclic) bond motifs is 3. The minimum absolute atomic E-state index is 0.0759. The Hall–Kier alpha value is -3.40. The fourth-order valence-corrected chi connectivity index (χ4v) is 3.64. The second-order valence-corrected chi connectivity index (χ2v) is 7.41. The number of aromatic amines is 1. The molecule has 31 heavy (non-hydrogen) atoms. The summed E-state index contributed by atoms with van der Waals surface area (Å²) in [5, 5.41) is 12.0. The van der Waals surface area contributed by atoms with Gasteiger partial charge in [-0.15, -0.1) is 10.2 Å². The fourth-order valence-electron chi connectivity index (χ4n) is 3.05. The van der Waals surface area contributed by atoms with Crippen LogP contribution in [0, 0.1) is 5.82 Å². The van der Waals surface area contributed by atoms with Gasteiger partial charge in [0.2, 0.25) is 11.1 Å². The minimum Gasteiger partial charge on any atom is -0.494 e. The number of halogens is 1. The number of nitrogens with zero attached hydrogens (tertiary/aromatic N) is 3. The molecule has 8 nitrogen and oxygen atoms in total. The first-order chi connectivity index (χ1) is 15.1. The van der Waals surface area contributed by atoms with Crippen LogP contribution in [0.2, 0.25) is 0 Å². The highest BCUT2D eigenvalue weighted by Gasteiger charge is 2.13. The molecule has 2 aromatic heterocycles. The molecule has 0 atom stereocenters. The third-order valence-corrected chi connectivity index (χ3v) is 5.16. The normalized spacial score (nSPS) is 11.1. The second kappa shape index (κ2) is 9.17. The van der Waals surface area contributed by atoms with Crippen LogP contribution in [0.25, 0.3) is 22.1 Å². The first kappa shape index (κ1) is 20.9. The molecule has 0 spiro atoms. The lowest BCUT2D eigenvalue weighted by atomic mass is 10.2. The summed E-state index contributed by atoms with van der Waals surface area (Å²) in [6.07, 6.45) is 0. The third kappa shape index (κ3) is 4.69. The number of benzene rings is 2. The quantitative estimate of drug-likeness (QED) is 0.396. The smallest absolute Gasteiger partial charge is 0.234 e. The Balaban J connectivity index is 1.46. The number of carbonyl (C=O) groups excluding carboxylic acids is 1. The van der Waals surface area contributed by atoms with Crippen molar-refractivity contribution in [2.75, 3.05) is 24.3 Å². The Kier molecular flexibility index (Phi) is 6.17. The van der Waals surface area contributed by atoms with E-state index in [0.29, 0.717) is 52.1 Å². The monoisotopic (exact) mass is 441 g/mol. The van der Waals surface area contributed by atoms with Crippen LogP contribution in [0.4, 0.5) is 10.1 Å². The van der Waals surface area contributed by atoms with Crippen molar-refractivity contribution in [3.8, 4) is 11.5 Å². The summed E-state index contributed by atoms with van der Waals surface area (Å²) in [6, 6.07) is 9.65. The Morgan fingerprint density at radius 1 is 1.13 bits per heavy atom. The maximum absolute atomic E-state index is 13.5. The second-order valence-electron chi connectivity index (χ2n) is 6.47. The van der Waals surface area contributed by atoms with Gasteiger partial charge in [-0.1, -0.05) is 11.8 Å². The van der Waals surface area contributed by atoms with E-state index in [0.717, 1.165) is 17.3 Å². The molecule has 1 amide bonds. The van der Waals surface area contributed by atoms with Crippen LogP contribution in [0.5, 0.6) is 11.5 Å². The topological polar surface area (TPSA) is 102 Å². The average molecular weight is 441 g/mol. The van der Waals surface area contributed by atoms with Gasteiger partial charge in [-0.25, -0.2) is 9.37 Å². The van der Waals surface area contributed by atoms with Gasteiger partial charge in [0.05, 0.1) is 24.7 Å². The lowest BCUT2D eigenvalue weighted by molar-refractivity contribution is -0.113. The number of nitrogens with one attached hydrogen (secondary N) is 2. The molecule has 4 rings (SSSR count). The average Bonchev–Trinajstić information content (AvgIpc) is 3.11. The van der Waals surface area contributed by atoms with Gasteiger partial charge >= 0.3 is 0 Å². The van der Waals surface area contributed by atoms with Crippen molar-refractivity contribution in [2.24, 2.45) is 0 Å². The van der Waals surface area contributed by atoms with Gasteiger partial charge in [0, 0.05) is 17.0 Å². The number of aromatic nitrogens is 4. The Morgan fingerprint density at radius 3 is 2.77 bits per heavy atom. The van der Waals surface area contributed by atoms with Crippen LogP contribution in [0.1, 0.15) is 13.8 Å². The number of carbonyl (C=O) groups is 1. The molecule has 4 aromatic rings. The standard InChI is InChI=1S/C21H20FN5O3S/c1-3-29-13-6-8-17(30-4-2)16(10-13)23-18(28)11-31-21-25-20-19(26-27-21)14-9-12(22)5-7-15(14)24-20/h5-10H,3-4,11H2,1-2H3,(H,23,28)(H,24,25,27). The molecule has 2 N–H and O–H groups in total. The SMILES string of the molecule is CCOc1ccc(OCC)c(NC(=O)CSc2nnc3c(n2)[nH]c2ccc(F)cc23)c1. The van der Waals surface area contributed by atoms with Crippen LogP contribution in [-0.4, -0.2) is 45.0 Å². The lowest BCUT2D eigenvalue weighted by Crippen LogP contribution is -2.15. The van der Waals surface area contributed by atoms with Gasteiger partial charge in [-0.2, -0.15) is 0 Å². The summed E-state index contributed by atoms with van der Waals surface area (Å²) in [5.74, 6) is 0.676. The predicted octanol–water partition coefficient (Wildman–Crippen LogP) is 4.17. The molecule has 0 aliphatic rings. The van der Waals surface area contributed by atoms with Crippen LogP contribution in [0.3, 0.4) is 0 Å². The first-order valence-electron chi connectivity index (χ1n) is 9.71. The zero-order valence-corrected chi connectivity index (χ0v) is 17.8. The van der Waals surface area contributed by atoms with Crippen molar-refractivity contribution in [1.29, 1.82) is 0 Å². The van der Waals surface area contributed by atoms with Crippen molar-refractivity contribution in [3.05, 3.63) is 42.2 Å². The van der Waals surface area contributed by atoms with Crippen molar-refractivity contribution >= 4 is 45.4 Å². The Morgan fingerprint density at radius 2 is 1.97 bits per heavy atom. The highest BCUT2D eigenvalue weighted by molar-refractivity contribution is 7.99. The van der Waals surface area contributed by atoms with Gasteiger partial charge in [-0.05, 0) is 44.2 Å². The van der Waals surface area contributed by atoms with E-state index < -0.39 is 0 Å². The fraction of sp³-hybridized carbons (Fsp3) is 0.238. The summed E-state index contributed by atoms with van der Waals surface area (Å²) in [7, 11) is 0. The van der Waals surface area contributed by atoms with Crippen molar-refractivity contribution in [1.82, 2.24) is 20.2 Å². The van der Waals surface area contributed by atoms with Crippen LogP contribution >= 0.6 is 11.8 Å². The van der Waals surface area contributed by atoms with E-state index in [2.05, 4.69) is 25.5 Å². The molecule has 0 saturated heterocycles. The summed E-state index contributed by atoms with van der Waals surface area (Å²) >= 11 is 1.15. The highest BCUT2D eigenvalue weighted by Crippen LogP contribution is 2.30. The van der Waals surface area contributed by atoms with Gasteiger partial charge < -0.3 is 19.8 Å². The van der Waals surface area contributed by atoms with E-state index in [1.54, 1.807) is 24.3 Å². The summed E-state index contributed by atoms with van der Waals surface area (Å²) < 4.78 is 24.6. The van der Waals surface area contributed by atoms with Crippen LogP contribution in [0.15, 0.2) is 41.6 Å². The highest BCUT2D eigenvalue weighted by atomic mass is 32.2. The van der Waals surface area contributed by atoms with Gasteiger partial charge in [0.1, 0.15) is 22.8 Å². The number of hydrogen-bond acceptors (Lipinski definition) is 7. The number of anilines is 1. The molecular formula is C21H20FN5O3S. The van der Waals surface area contributed by atoms with Crippen molar-refractivity contribution in [2.45, 2.75) is 19.0 Å². The zero-order valence-electron chi connectivity index (χ0n) is 16.9. The van der Waals surface area contributed by atoms with Gasteiger partial charge in [0.25, 0.3) is 0 Å². The zero-order chi connectivity index (χ0) is 21.8. The predicted molar refractivity (Wildman–Crippen MR) is 117 cm³/mol. The number of rotatable bonds is 8. The molecule has 0 aliphatic carbocycles. The molecule has 0 fully saturated rings. The molecule has 0 radical (unpaired) electrons. The summed E-state index contributed by atoms with van der Waals surface area (Å²) in [5.41, 5.74) is 2.22. The maximum atomic E-state index is 13.5. The van der Waals surface area contributed by atoms with E-state index >= 15 is 0 Å². The largest absolute Gasteiger partial charge is 0.494 e. The van der Waals surface area contributed by atoms with Gasteiger partial charge in [0.15, 0.2) is 5.65 Å². The first-order valence-corrected chi connectivity index (χ1v) is 10.7. The molecule has 160 valence electrons. The molecule has 0 aliphatic heterocycles. The number of hydrogen-bond donors (Lipinski definition) is 2. The number of amides is 1. The Bertz CT molecular complexity index is 1250. The Labute approximate surface area is 181 Å². The van der Waals surface area contributed by atoms with E-state index in [1.165, 1.54) is 12.1 Å².